The first-order valence-corrected chi connectivity index (χ1v) is 8.00. The summed E-state index contributed by atoms with van der Waals surface area (Å²) >= 11 is 0. The molecule has 1 aliphatic carbocycles. The van der Waals surface area contributed by atoms with Crippen molar-refractivity contribution in [3.63, 3.8) is 0 Å². The van der Waals surface area contributed by atoms with Gasteiger partial charge in [0, 0.05) is 26.3 Å². The zero-order chi connectivity index (χ0) is 17.4. The quantitative estimate of drug-likeness (QED) is 0.766. The molecule has 0 aromatic carbocycles. The van der Waals surface area contributed by atoms with Crippen LogP contribution >= 0.6 is 24.8 Å². The fraction of sp³-hybridized carbons (Fsp3) is 0.500. The van der Waals surface area contributed by atoms with Gasteiger partial charge in [0.05, 0.1) is 10.9 Å². The summed E-state index contributed by atoms with van der Waals surface area (Å²) in [6, 6.07) is 1.55. The number of rotatable bonds is 3. The second-order valence-corrected chi connectivity index (χ2v) is 6.31. The lowest BCUT2D eigenvalue weighted by atomic mass is 10.0. The molecule has 2 aromatic heterocycles. The Morgan fingerprint density at radius 2 is 1.96 bits per heavy atom. The molecule has 2 aromatic rings. The van der Waals surface area contributed by atoms with E-state index in [2.05, 4.69) is 10.3 Å². The van der Waals surface area contributed by atoms with Crippen molar-refractivity contribution in [2.24, 2.45) is 25.7 Å². The van der Waals surface area contributed by atoms with Gasteiger partial charge in [-0.25, -0.2) is 9.78 Å². The van der Waals surface area contributed by atoms with Crippen molar-refractivity contribution in [3.8, 4) is 0 Å². The Bertz CT molecular complexity index is 924. The summed E-state index contributed by atoms with van der Waals surface area (Å²) in [5.41, 5.74) is 5.40. The van der Waals surface area contributed by atoms with E-state index in [1.807, 2.05) is 0 Å². The molecule has 1 aliphatic rings. The van der Waals surface area contributed by atoms with Crippen LogP contribution in [0.15, 0.2) is 21.9 Å². The molecule has 26 heavy (non-hydrogen) atoms. The summed E-state index contributed by atoms with van der Waals surface area (Å²) < 4.78 is 2.30. The zero-order valence-electron chi connectivity index (χ0n) is 14.6. The maximum atomic E-state index is 12.5. The van der Waals surface area contributed by atoms with E-state index in [4.69, 9.17) is 5.73 Å². The highest BCUT2D eigenvalue weighted by molar-refractivity contribution is 5.96. The molecule has 0 saturated heterocycles. The number of carbonyl (C=O) groups is 1. The van der Waals surface area contributed by atoms with Crippen LogP contribution < -0.4 is 22.3 Å². The molecule has 10 heteroatoms. The molecule has 144 valence electrons. The number of nitrogens with one attached hydrogen (secondary N) is 1. The fourth-order valence-corrected chi connectivity index (χ4v) is 3.35. The minimum Gasteiger partial charge on any atom is -0.349 e. The van der Waals surface area contributed by atoms with E-state index < -0.39 is 11.2 Å². The third kappa shape index (κ3) is 3.77. The molecule has 1 saturated carbocycles. The first-order valence-electron chi connectivity index (χ1n) is 8.00. The van der Waals surface area contributed by atoms with Crippen LogP contribution in [0.4, 0.5) is 0 Å². The normalized spacial score (nSPS) is 18.9. The number of amides is 1. The summed E-state index contributed by atoms with van der Waals surface area (Å²) in [6.45, 7) is 0.545. The number of nitrogens with two attached hydrogens (primary N) is 1. The average molecular weight is 404 g/mol. The number of hydrogen-bond donors (Lipinski definition) is 2. The Kier molecular flexibility index (Phi) is 7.37. The predicted molar refractivity (Wildman–Crippen MR) is 104 cm³/mol. The summed E-state index contributed by atoms with van der Waals surface area (Å²) in [4.78, 5) is 40.8. The van der Waals surface area contributed by atoms with Gasteiger partial charge in [0.25, 0.3) is 11.5 Å². The molecule has 0 bridgehead atoms. The van der Waals surface area contributed by atoms with Crippen molar-refractivity contribution in [1.82, 2.24) is 19.4 Å². The molecule has 1 amide bonds. The molecule has 1 fully saturated rings. The van der Waals surface area contributed by atoms with Gasteiger partial charge in [-0.1, -0.05) is 6.42 Å². The number of aryl methyl sites for hydroxylation is 1. The Morgan fingerprint density at radius 3 is 2.62 bits per heavy atom. The summed E-state index contributed by atoms with van der Waals surface area (Å²) in [6.07, 6.45) is 4.36. The second kappa shape index (κ2) is 8.66. The fourth-order valence-electron chi connectivity index (χ4n) is 3.35. The number of halogens is 2. The molecule has 0 spiro atoms. The van der Waals surface area contributed by atoms with E-state index in [0.717, 1.165) is 23.8 Å². The Balaban J connectivity index is 0.00000169. The molecule has 3 rings (SSSR count). The van der Waals surface area contributed by atoms with Crippen LogP contribution in [0.1, 0.15) is 29.6 Å². The van der Waals surface area contributed by atoms with Crippen LogP contribution in [0.2, 0.25) is 0 Å². The van der Waals surface area contributed by atoms with Gasteiger partial charge in [0.15, 0.2) is 0 Å². The van der Waals surface area contributed by atoms with Crippen LogP contribution in [0, 0.1) is 5.92 Å². The number of fused-ring (bicyclic) bond motifs is 1. The van der Waals surface area contributed by atoms with Gasteiger partial charge in [-0.3, -0.25) is 18.7 Å². The Hall–Kier alpha value is -1.90. The van der Waals surface area contributed by atoms with Crippen LogP contribution in [-0.2, 0) is 14.1 Å². The maximum Gasteiger partial charge on any atom is 0.332 e. The minimum absolute atomic E-state index is 0. The lowest BCUT2D eigenvalue weighted by Gasteiger charge is -2.19. The van der Waals surface area contributed by atoms with E-state index in [-0.39, 0.29) is 53.7 Å². The van der Waals surface area contributed by atoms with Crippen molar-refractivity contribution >= 4 is 41.8 Å². The van der Waals surface area contributed by atoms with Gasteiger partial charge in [-0.05, 0) is 31.4 Å². The topological polar surface area (TPSA) is 112 Å². The van der Waals surface area contributed by atoms with E-state index in [1.165, 1.54) is 23.9 Å². The summed E-state index contributed by atoms with van der Waals surface area (Å²) in [5.74, 6) is 0.0155. The molecule has 0 aliphatic heterocycles. The third-order valence-corrected chi connectivity index (χ3v) is 4.83. The van der Waals surface area contributed by atoms with E-state index in [1.54, 1.807) is 7.05 Å². The highest BCUT2D eigenvalue weighted by Crippen LogP contribution is 2.24. The summed E-state index contributed by atoms with van der Waals surface area (Å²) in [7, 11) is 2.95. The molecule has 8 nitrogen and oxygen atoms in total. The highest BCUT2D eigenvalue weighted by Gasteiger charge is 2.27. The van der Waals surface area contributed by atoms with Crippen LogP contribution in [0.25, 0.3) is 11.0 Å². The van der Waals surface area contributed by atoms with Crippen LogP contribution in [0.5, 0.6) is 0 Å². The number of pyridine rings is 1. The van der Waals surface area contributed by atoms with Crippen molar-refractivity contribution in [2.45, 2.75) is 25.3 Å². The lowest BCUT2D eigenvalue weighted by Crippen LogP contribution is -2.40. The average Bonchev–Trinajstić information content (AvgIpc) is 3.04. The number of hydrogen-bond acceptors (Lipinski definition) is 5. The third-order valence-electron chi connectivity index (χ3n) is 4.83. The SMILES string of the molecule is Cl.Cl.Cn1c(=O)c2cc(C(=O)NC3CCCC3CN)cnc2n(C)c1=O. The van der Waals surface area contributed by atoms with Crippen molar-refractivity contribution in [3.05, 3.63) is 38.7 Å². The molecular weight excluding hydrogens is 381 g/mol. The standard InChI is InChI=1S/C16H21N5O3.2ClH/c1-20-13-11(15(23)21(2)16(20)24)6-10(8-18-13)14(22)19-12-5-3-4-9(12)7-17;;/h6,8-9,12H,3-5,7,17H2,1-2H3,(H,19,22);2*1H. The summed E-state index contributed by atoms with van der Waals surface area (Å²) in [5, 5.41) is 3.23. The van der Waals surface area contributed by atoms with Crippen LogP contribution in [0.3, 0.4) is 0 Å². The second-order valence-electron chi connectivity index (χ2n) is 6.31. The first-order chi connectivity index (χ1) is 11.4. The molecular formula is C16H23Cl2N5O3. The minimum atomic E-state index is -0.462. The molecule has 2 atom stereocenters. The monoisotopic (exact) mass is 403 g/mol. The van der Waals surface area contributed by atoms with Gasteiger partial charge in [-0.2, -0.15) is 0 Å². The van der Waals surface area contributed by atoms with E-state index in [0.29, 0.717) is 12.1 Å². The molecule has 2 heterocycles. The maximum absolute atomic E-state index is 12.5. The Morgan fingerprint density at radius 1 is 1.27 bits per heavy atom. The first kappa shape index (κ1) is 22.1. The number of aromatic nitrogens is 3. The van der Waals surface area contributed by atoms with E-state index >= 15 is 0 Å². The predicted octanol–water partition coefficient (Wildman–Crippen LogP) is 0.333. The largest absolute Gasteiger partial charge is 0.349 e. The van der Waals surface area contributed by atoms with Gasteiger partial charge in [-0.15, -0.1) is 24.8 Å². The molecule has 0 radical (unpaired) electrons. The van der Waals surface area contributed by atoms with Gasteiger partial charge in [0.2, 0.25) is 0 Å². The van der Waals surface area contributed by atoms with Crippen molar-refractivity contribution in [1.29, 1.82) is 0 Å². The smallest absolute Gasteiger partial charge is 0.332 e. The number of carbonyl (C=O) groups excluding carboxylic acids is 1. The van der Waals surface area contributed by atoms with Gasteiger partial charge < -0.3 is 11.1 Å². The van der Waals surface area contributed by atoms with Crippen LogP contribution in [-0.4, -0.2) is 32.6 Å². The van der Waals surface area contributed by atoms with Gasteiger partial charge >= 0.3 is 5.69 Å². The lowest BCUT2D eigenvalue weighted by molar-refractivity contribution is 0.0928. The Labute approximate surface area is 162 Å². The van der Waals surface area contributed by atoms with Crippen molar-refractivity contribution in [2.75, 3.05) is 6.54 Å². The van der Waals surface area contributed by atoms with Gasteiger partial charge in [0.1, 0.15) is 5.65 Å². The zero-order valence-corrected chi connectivity index (χ0v) is 16.2. The molecule has 2 unspecified atom stereocenters. The molecule has 3 N–H and O–H groups in total. The van der Waals surface area contributed by atoms with E-state index in [9.17, 15) is 14.4 Å². The number of nitrogens with zero attached hydrogens (tertiary/aromatic N) is 3. The highest BCUT2D eigenvalue weighted by atomic mass is 35.5. The van der Waals surface area contributed by atoms with Crippen molar-refractivity contribution < 1.29 is 4.79 Å².